The molecule has 0 aliphatic heterocycles. The summed E-state index contributed by atoms with van der Waals surface area (Å²) in [7, 11) is 0. The number of rotatable bonds is 5. The van der Waals surface area contributed by atoms with Crippen LogP contribution in [-0.2, 0) is 0 Å². The van der Waals surface area contributed by atoms with Gasteiger partial charge in [0.2, 0.25) is 0 Å². The maximum atomic E-state index is 12.7. The lowest BCUT2D eigenvalue weighted by atomic mass is 9.79. The minimum atomic E-state index is -0.337. The number of hydrogen-bond acceptors (Lipinski definition) is 3. The zero-order valence-electron chi connectivity index (χ0n) is 11.8. The Kier molecular flexibility index (Phi) is 4.25. The standard InChI is InChI=1S/C16H23NO2/c1-12(2)19-14-7-5-6-13(10-14)15(18)16(11-17)8-3-4-9-16/h5-7,10,12H,3-4,8-9,11,17H2,1-2H3. The van der Waals surface area contributed by atoms with Crippen LogP contribution >= 0.6 is 0 Å². The molecule has 104 valence electrons. The van der Waals surface area contributed by atoms with Gasteiger partial charge in [0.15, 0.2) is 5.78 Å². The number of hydrogen-bond donors (Lipinski definition) is 1. The Balaban J connectivity index is 2.23. The third-order valence-electron chi connectivity index (χ3n) is 3.90. The second-order valence-corrected chi connectivity index (χ2v) is 5.72. The fraction of sp³-hybridized carbons (Fsp3) is 0.562. The second-order valence-electron chi connectivity index (χ2n) is 5.72. The van der Waals surface area contributed by atoms with Gasteiger partial charge in [-0.25, -0.2) is 0 Å². The summed E-state index contributed by atoms with van der Waals surface area (Å²) in [6.07, 6.45) is 4.14. The van der Waals surface area contributed by atoms with Crippen LogP contribution in [0.5, 0.6) is 5.75 Å². The highest BCUT2D eigenvalue weighted by Gasteiger charge is 2.40. The Hall–Kier alpha value is -1.35. The first-order valence-electron chi connectivity index (χ1n) is 7.09. The molecule has 0 aromatic heterocycles. The van der Waals surface area contributed by atoms with Crippen molar-refractivity contribution in [3.8, 4) is 5.75 Å². The van der Waals surface area contributed by atoms with Crippen LogP contribution in [0.25, 0.3) is 0 Å². The third kappa shape index (κ3) is 2.98. The molecular weight excluding hydrogens is 238 g/mol. The van der Waals surface area contributed by atoms with E-state index < -0.39 is 0 Å². The Morgan fingerprint density at radius 3 is 2.63 bits per heavy atom. The van der Waals surface area contributed by atoms with Gasteiger partial charge in [-0.1, -0.05) is 25.0 Å². The van der Waals surface area contributed by atoms with Gasteiger partial charge in [-0.2, -0.15) is 0 Å². The first-order valence-corrected chi connectivity index (χ1v) is 7.09. The quantitative estimate of drug-likeness (QED) is 0.828. The minimum Gasteiger partial charge on any atom is -0.491 e. The first kappa shape index (κ1) is 14.1. The average Bonchev–Trinajstić information content (AvgIpc) is 2.87. The highest BCUT2D eigenvalue weighted by molar-refractivity contribution is 6.01. The molecular formula is C16H23NO2. The lowest BCUT2D eigenvalue weighted by Gasteiger charge is -2.25. The molecule has 0 heterocycles. The molecule has 0 spiro atoms. The van der Waals surface area contributed by atoms with Crippen LogP contribution in [0.15, 0.2) is 24.3 Å². The Morgan fingerprint density at radius 1 is 1.37 bits per heavy atom. The van der Waals surface area contributed by atoms with Gasteiger partial charge < -0.3 is 10.5 Å². The molecule has 1 aromatic carbocycles. The van der Waals surface area contributed by atoms with E-state index >= 15 is 0 Å². The Bertz CT molecular complexity index is 448. The zero-order chi connectivity index (χ0) is 13.9. The minimum absolute atomic E-state index is 0.111. The first-order chi connectivity index (χ1) is 9.07. The summed E-state index contributed by atoms with van der Waals surface area (Å²) in [5.41, 5.74) is 6.26. The number of carbonyl (C=O) groups excluding carboxylic acids is 1. The lowest BCUT2D eigenvalue weighted by molar-refractivity contribution is 0.0809. The molecule has 1 aliphatic carbocycles. The van der Waals surface area contributed by atoms with Crippen molar-refractivity contribution in [2.45, 2.75) is 45.6 Å². The van der Waals surface area contributed by atoms with Gasteiger partial charge in [0, 0.05) is 17.5 Å². The van der Waals surface area contributed by atoms with Gasteiger partial charge in [0.05, 0.1) is 6.10 Å². The Labute approximate surface area is 115 Å². The zero-order valence-corrected chi connectivity index (χ0v) is 11.8. The molecule has 1 aromatic rings. The number of carbonyl (C=O) groups is 1. The van der Waals surface area contributed by atoms with Crippen molar-refractivity contribution < 1.29 is 9.53 Å². The molecule has 2 N–H and O–H groups in total. The van der Waals surface area contributed by atoms with E-state index in [0.29, 0.717) is 6.54 Å². The van der Waals surface area contributed by atoms with E-state index in [4.69, 9.17) is 10.5 Å². The molecule has 0 bridgehead atoms. The van der Waals surface area contributed by atoms with Crippen LogP contribution in [-0.4, -0.2) is 18.4 Å². The van der Waals surface area contributed by atoms with Gasteiger partial charge in [-0.05, 0) is 38.8 Å². The summed E-state index contributed by atoms with van der Waals surface area (Å²) in [6, 6.07) is 7.48. The van der Waals surface area contributed by atoms with Crippen LogP contribution in [0.1, 0.15) is 49.9 Å². The highest BCUT2D eigenvalue weighted by atomic mass is 16.5. The molecule has 3 heteroatoms. The summed E-state index contributed by atoms with van der Waals surface area (Å²) in [6.45, 7) is 4.40. The molecule has 1 saturated carbocycles. The summed E-state index contributed by atoms with van der Waals surface area (Å²) in [5, 5.41) is 0. The van der Waals surface area contributed by atoms with Crippen LogP contribution < -0.4 is 10.5 Å². The van der Waals surface area contributed by atoms with Crippen molar-refractivity contribution in [3.63, 3.8) is 0 Å². The topological polar surface area (TPSA) is 52.3 Å². The van der Waals surface area contributed by atoms with Gasteiger partial charge in [-0.15, -0.1) is 0 Å². The maximum Gasteiger partial charge on any atom is 0.170 e. The lowest BCUT2D eigenvalue weighted by Crippen LogP contribution is -2.36. The molecule has 0 atom stereocenters. The van der Waals surface area contributed by atoms with Gasteiger partial charge in [-0.3, -0.25) is 4.79 Å². The van der Waals surface area contributed by atoms with Crippen molar-refractivity contribution in [1.82, 2.24) is 0 Å². The third-order valence-corrected chi connectivity index (χ3v) is 3.90. The number of ether oxygens (including phenoxy) is 1. The molecule has 19 heavy (non-hydrogen) atoms. The van der Waals surface area contributed by atoms with E-state index in [9.17, 15) is 4.79 Å². The predicted octanol–water partition coefficient (Wildman–Crippen LogP) is 3.18. The number of benzene rings is 1. The maximum absolute atomic E-state index is 12.7. The number of Topliss-reactive ketones (excluding diaryl/α,β-unsaturated/α-hetero) is 1. The van der Waals surface area contributed by atoms with E-state index in [2.05, 4.69) is 0 Å². The molecule has 1 fully saturated rings. The molecule has 1 aliphatic rings. The number of ketones is 1. The van der Waals surface area contributed by atoms with Gasteiger partial charge >= 0.3 is 0 Å². The fourth-order valence-corrected chi connectivity index (χ4v) is 2.86. The largest absolute Gasteiger partial charge is 0.491 e. The van der Waals surface area contributed by atoms with E-state index in [1.54, 1.807) is 0 Å². The van der Waals surface area contributed by atoms with Gasteiger partial charge in [0.25, 0.3) is 0 Å². The van der Waals surface area contributed by atoms with Crippen LogP contribution in [0.3, 0.4) is 0 Å². The fourth-order valence-electron chi connectivity index (χ4n) is 2.86. The smallest absolute Gasteiger partial charge is 0.170 e. The summed E-state index contributed by atoms with van der Waals surface area (Å²) >= 11 is 0. The van der Waals surface area contributed by atoms with E-state index in [1.807, 2.05) is 38.1 Å². The van der Waals surface area contributed by atoms with Crippen molar-refractivity contribution in [1.29, 1.82) is 0 Å². The van der Waals surface area contributed by atoms with Crippen LogP contribution in [0.4, 0.5) is 0 Å². The summed E-state index contributed by atoms with van der Waals surface area (Å²) in [4.78, 5) is 12.7. The highest BCUT2D eigenvalue weighted by Crippen LogP contribution is 2.40. The van der Waals surface area contributed by atoms with Crippen LogP contribution in [0, 0.1) is 5.41 Å². The summed E-state index contributed by atoms with van der Waals surface area (Å²) in [5.74, 6) is 0.938. The molecule has 0 amide bonds. The molecule has 2 rings (SSSR count). The molecule has 0 saturated heterocycles. The average molecular weight is 261 g/mol. The summed E-state index contributed by atoms with van der Waals surface area (Å²) < 4.78 is 5.65. The second kappa shape index (κ2) is 5.74. The molecule has 0 radical (unpaired) electrons. The van der Waals surface area contributed by atoms with E-state index in [0.717, 1.165) is 37.0 Å². The normalized spacial score (nSPS) is 17.7. The van der Waals surface area contributed by atoms with Gasteiger partial charge in [0.1, 0.15) is 5.75 Å². The number of nitrogens with two attached hydrogens (primary N) is 1. The monoisotopic (exact) mass is 261 g/mol. The van der Waals surface area contributed by atoms with Crippen molar-refractivity contribution >= 4 is 5.78 Å². The van der Waals surface area contributed by atoms with E-state index in [-0.39, 0.29) is 17.3 Å². The van der Waals surface area contributed by atoms with Crippen molar-refractivity contribution in [2.75, 3.05) is 6.54 Å². The molecule has 0 unspecified atom stereocenters. The Morgan fingerprint density at radius 2 is 2.05 bits per heavy atom. The van der Waals surface area contributed by atoms with Crippen molar-refractivity contribution in [2.24, 2.45) is 11.1 Å². The van der Waals surface area contributed by atoms with E-state index in [1.165, 1.54) is 0 Å². The SMILES string of the molecule is CC(C)Oc1cccc(C(=O)C2(CN)CCCC2)c1. The predicted molar refractivity (Wildman–Crippen MR) is 76.5 cm³/mol. The molecule has 3 nitrogen and oxygen atoms in total. The van der Waals surface area contributed by atoms with Crippen LogP contribution in [0.2, 0.25) is 0 Å². The van der Waals surface area contributed by atoms with Crippen molar-refractivity contribution in [3.05, 3.63) is 29.8 Å².